The minimum absolute atomic E-state index is 0.00450. The lowest BCUT2D eigenvalue weighted by molar-refractivity contribution is -0.383. The van der Waals surface area contributed by atoms with Gasteiger partial charge in [0.25, 0.3) is 5.69 Å². The van der Waals surface area contributed by atoms with Gasteiger partial charge in [-0.15, -0.1) is 11.6 Å². The van der Waals surface area contributed by atoms with Gasteiger partial charge in [-0.05, 0) is 24.0 Å². The minimum Gasteiger partial charge on any atom is -0.258 e. The lowest BCUT2D eigenvalue weighted by Crippen LogP contribution is -2.09. The Kier molecular flexibility index (Phi) is 4.00. The van der Waals surface area contributed by atoms with Gasteiger partial charge in [0.1, 0.15) is 5.52 Å². The second kappa shape index (κ2) is 5.53. The molecule has 0 aliphatic heterocycles. The highest BCUT2D eigenvalue weighted by atomic mass is 35.5. The van der Waals surface area contributed by atoms with E-state index in [1.54, 1.807) is 18.3 Å². The molecule has 19 heavy (non-hydrogen) atoms. The summed E-state index contributed by atoms with van der Waals surface area (Å²) < 4.78 is 0. The molecule has 2 unspecified atom stereocenters. The molecule has 1 heterocycles. The molecule has 0 bridgehead atoms. The first kappa shape index (κ1) is 13.7. The van der Waals surface area contributed by atoms with E-state index in [9.17, 15) is 10.1 Å². The van der Waals surface area contributed by atoms with Gasteiger partial charge in [-0.25, -0.2) is 4.98 Å². The molecule has 2 rings (SSSR count). The van der Waals surface area contributed by atoms with Crippen LogP contribution >= 0.6 is 11.6 Å². The second-order valence-electron chi connectivity index (χ2n) is 4.54. The molecule has 2 atom stereocenters. The molecule has 1 aromatic heterocycles. The van der Waals surface area contributed by atoms with Crippen LogP contribution in [0.4, 0.5) is 5.69 Å². The van der Waals surface area contributed by atoms with Gasteiger partial charge in [0.05, 0.1) is 4.92 Å². The summed E-state index contributed by atoms with van der Waals surface area (Å²) in [4.78, 5) is 14.8. The first-order valence-electron chi connectivity index (χ1n) is 6.22. The fourth-order valence-corrected chi connectivity index (χ4v) is 2.41. The lowest BCUT2D eigenvalue weighted by atomic mass is 9.92. The molecule has 4 nitrogen and oxygen atoms in total. The van der Waals surface area contributed by atoms with Crippen molar-refractivity contribution in [3.05, 3.63) is 46.1 Å². The number of hydrogen-bond donors (Lipinski definition) is 0. The molecular weight excluding hydrogens is 264 g/mol. The summed E-state index contributed by atoms with van der Waals surface area (Å²) in [7, 11) is 0. The Morgan fingerprint density at radius 2 is 2.16 bits per heavy atom. The van der Waals surface area contributed by atoms with Crippen molar-refractivity contribution in [2.24, 2.45) is 0 Å². The third-order valence-electron chi connectivity index (χ3n) is 3.40. The number of halogens is 1. The third kappa shape index (κ3) is 2.54. The van der Waals surface area contributed by atoms with E-state index >= 15 is 0 Å². The molecule has 0 saturated heterocycles. The fourth-order valence-electron chi connectivity index (χ4n) is 2.27. The van der Waals surface area contributed by atoms with Crippen molar-refractivity contribution in [1.82, 2.24) is 4.98 Å². The predicted molar refractivity (Wildman–Crippen MR) is 76.7 cm³/mol. The van der Waals surface area contributed by atoms with Crippen molar-refractivity contribution in [3.8, 4) is 0 Å². The molecule has 0 N–H and O–H groups in total. The predicted octanol–water partition coefficient (Wildman–Crippen LogP) is 4.26. The van der Waals surface area contributed by atoms with E-state index in [2.05, 4.69) is 4.98 Å². The monoisotopic (exact) mass is 278 g/mol. The quantitative estimate of drug-likeness (QED) is 0.477. The summed E-state index contributed by atoms with van der Waals surface area (Å²) in [6.45, 7) is 4.06. The highest BCUT2D eigenvalue weighted by Gasteiger charge is 2.21. The molecule has 0 aliphatic rings. The van der Waals surface area contributed by atoms with E-state index in [-0.39, 0.29) is 17.0 Å². The molecular formula is C14H15ClN2O2. The Hall–Kier alpha value is -1.68. The van der Waals surface area contributed by atoms with Crippen molar-refractivity contribution in [1.29, 1.82) is 0 Å². The molecule has 0 aliphatic carbocycles. The maximum absolute atomic E-state index is 11.0. The SMILES string of the molecule is CCC(Cl)C(C)c1ccc([N+](=O)[O-])c2ncccc12. The first-order chi connectivity index (χ1) is 9.06. The average Bonchev–Trinajstić information content (AvgIpc) is 2.44. The van der Waals surface area contributed by atoms with E-state index in [0.29, 0.717) is 5.52 Å². The van der Waals surface area contributed by atoms with Gasteiger partial charge in [-0.1, -0.05) is 26.0 Å². The molecule has 2 aromatic rings. The third-order valence-corrected chi connectivity index (χ3v) is 4.09. The number of benzene rings is 1. The van der Waals surface area contributed by atoms with Gasteiger partial charge >= 0.3 is 0 Å². The number of rotatable bonds is 4. The van der Waals surface area contributed by atoms with Crippen LogP contribution in [0.3, 0.4) is 0 Å². The number of fused-ring (bicyclic) bond motifs is 1. The number of nitro benzene ring substituents is 1. The maximum Gasteiger partial charge on any atom is 0.295 e. The van der Waals surface area contributed by atoms with Gasteiger partial charge in [0, 0.05) is 23.0 Å². The van der Waals surface area contributed by atoms with Gasteiger partial charge in [-0.3, -0.25) is 10.1 Å². The van der Waals surface area contributed by atoms with E-state index in [4.69, 9.17) is 11.6 Å². The Labute approximate surface area is 116 Å². The molecule has 0 spiro atoms. The number of nitrogens with zero attached hydrogens (tertiary/aromatic N) is 2. The Balaban J connectivity index is 2.65. The van der Waals surface area contributed by atoms with Gasteiger partial charge in [0.2, 0.25) is 0 Å². The smallest absolute Gasteiger partial charge is 0.258 e. The van der Waals surface area contributed by atoms with Gasteiger partial charge < -0.3 is 0 Å². The lowest BCUT2D eigenvalue weighted by Gasteiger charge is -2.18. The van der Waals surface area contributed by atoms with Crippen LogP contribution in [-0.4, -0.2) is 15.3 Å². The van der Waals surface area contributed by atoms with Crippen molar-refractivity contribution < 1.29 is 4.92 Å². The first-order valence-corrected chi connectivity index (χ1v) is 6.66. The van der Waals surface area contributed by atoms with Gasteiger partial charge in [-0.2, -0.15) is 0 Å². The number of alkyl halides is 1. The van der Waals surface area contributed by atoms with Gasteiger partial charge in [0.15, 0.2) is 0 Å². The number of hydrogen-bond acceptors (Lipinski definition) is 3. The Bertz CT molecular complexity index is 615. The average molecular weight is 279 g/mol. The molecule has 5 heteroatoms. The maximum atomic E-state index is 11.0. The van der Waals surface area contributed by atoms with Crippen molar-refractivity contribution in [2.75, 3.05) is 0 Å². The fraction of sp³-hybridized carbons (Fsp3) is 0.357. The molecule has 0 fully saturated rings. The van der Waals surface area contributed by atoms with Crippen LogP contribution in [-0.2, 0) is 0 Å². The van der Waals surface area contributed by atoms with Crippen molar-refractivity contribution in [2.45, 2.75) is 31.6 Å². The van der Waals surface area contributed by atoms with Crippen LogP contribution in [0, 0.1) is 10.1 Å². The number of nitro groups is 1. The Morgan fingerprint density at radius 3 is 2.79 bits per heavy atom. The van der Waals surface area contributed by atoms with Crippen LogP contribution in [0.5, 0.6) is 0 Å². The highest BCUT2D eigenvalue weighted by Crippen LogP contribution is 2.34. The zero-order valence-corrected chi connectivity index (χ0v) is 11.6. The second-order valence-corrected chi connectivity index (χ2v) is 5.10. The van der Waals surface area contributed by atoms with Crippen molar-refractivity contribution in [3.63, 3.8) is 0 Å². The zero-order valence-electron chi connectivity index (χ0n) is 10.8. The summed E-state index contributed by atoms with van der Waals surface area (Å²) in [6.07, 6.45) is 2.42. The van der Waals surface area contributed by atoms with Crippen molar-refractivity contribution >= 4 is 28.2 Å². The number of pyridine rings is 1. The molecule has 0 radical (unpaired) electrons. The summed E-state index contributed by atoms with van der Waals surface area (Å²) in [5.74, 6) is 0.124. The molecule has 0 amide bonds. The zero-order chi connectivity index (χ0) is 14.0. The highest BCUT2D eigenvalue weighted by molar-refractivity contribution is 6.21. The van der Waals surface area contributed by atoms with Crippen LogP contribution in [0.25, 0.3) is 10.9 Å². The molecule has 1 aromatic carbocycles. The summed E-state index contributed by atoms with van der Waals surface area (Å²) >= 11 is 6.30. The normalized spacial score (nSPS) is 14.3. The van der Waals surface area contributed by atoms with E-state index in [1.165, 1.54) is 6.07 Å². The Morgan fingerprint density at radius 1 is 1.42 bits per heavy atom. The molecule has 100 valence electrons. The van der Waals surface area contributed by atoms with E-state index in [1.807, 2.05) is 19.9 Å². The minimum atomic E-state index is -0.401. The molecule has 0 saturated carbocycles. The summed E-state index contributed by atoms with van der Waals surface area (Å²) in [6, 6.07) is 6.95. The van der Waals surface area contributed by atoms with Crippen LogP contribution in [0.2, 0.25) is 0 Å². The van der Waals surface area contributed by atoms with E-state index in [0.717, 1.165) is 17.4 Å². The topological polar surface area (TPSA) is 56.0 Å². The standard InChI is InChI=1S/C14H15ClN2O2/c1-3-12(15)9(2)10-6-7-13(17(18)19)14-11(10)5-4-8-16-14/h4-9,12H,3H2,1-2H3. The number of aromatic nitrogens is 1. The number of non-ortho nitro benzene ring substituents is 1. The largest absolute Gasteiger partial charge is 0.295 e. The van der Waals surface area contributed by atoms with Crippen LogP contribution in [0.1, 0.15) is 31.7 Å². The van der Waals surface area contributed by atoms with Crippen LogP contribution < -0.4 is 0 Å². The van der Waals surface area contributed by atoms with Crippen LogP contribution in [0.15, 0.2) is 30.5 Å². The summed E-state index contributed by atoms with van der Waals surface area (Å²) in [5, 5.41) is 11.8. The van der Waals surface area contributed by atoms with E-state index < -0.39 is 4.92 Å². The summed E-state index contributed by atoms with van der Waals surface area (Å²) in [5.41, 5.74) is 1.47.